The van der Waals surface area contributed by atoms with E-state index in [9.17, 15) is 13.2 Å². The number of sulfonamides is 1. The third kappa shape index (κ3) is 5.18. The molecule has 0 bridgehead atoms. The highest BCUT2D eigenvalue weighted by Gasteiger charge is 2.15. The van der Waals surface area contributed by atoms with Crippen LogP contribution in [0.15, 0.2) is 77.7 Å². The first-order valence-electron chi connectivity index (χ1n) is 9.43. The molecular formula is C23H24N2O4S. The van der Waals surface area contributed by atoms with Gasteiger partial charge in [0.15, 0.2) is 0 Å². The van der Waals surface area contributed by atoms with Crippen molar-refractivity contribution in [3.63, 3.8) is 0 Å². The monoisotopic (exact) mass is 424 g/mol. The number of nitrogens with one attached hydrogen (secondary N) is 2. The molecule has 156 valence electrons. The Morgan fingerprint density at radius 2 is 1.50 bits per heavy atom. The number of carbonyl (C=O) groups is 1. The van der Waals surface area contributed by atoms with Crippen molar-refractivity contribution < 1.29 is 17.9 Å². The number of benzene rings is 3. The van der Waals surface area contributed by atoms with E-state index in [0.717, 1.165) is 16.9 Å². The first kappa shape index (κ1) is 21.4. The van der Waals surface area contributed by atoms with E-state index < -0.39 is 10.0 Å². The highest BCUT2D eigenvalue weighted by molar-refractivity contribution is 7.92. The molecule has 1 amide bonds. The van der Waals surface area contributed by atoms with Gasteiger partial charge >= 0.3 is 0 Å². The van der Waals surface area contributed by atoms with Gasteiger partial charge in [0.05, 0.1) is 18.0 Å². The third-order valence-electron chi connectivity index (χ3n) is 4.69. The molecule has 3 aromatic carbocycles. The highest BCUT2D eigenvalue weighted by atomic mass is 32.2. The summed E-state index contributed by atoms with van der Waals surface area (Å²) in [5, 5.41) is 2.93. The fraction of sp³-hybridized carbons (Fsp3) is 0.174. The largest absolute Gasteiger partial charge is 0.497 e. The molecule has 0 spiro atoms. The minimum atomic E-state index is -3.68. The highest BCUT2D eigenvalue weighted by Crippen LogP contribution is 2.19. The SMILES string of the molecule is COc1ccc([C@H](C)NC(=O)c2ccc(NS(=O)(=O)c3ccc(C)cc3)cc2)cc1. The van der Waals surface area contributed by atoms with E-state index >= 15 is 0 Å². The van der Waals surface area contributed by atoms with E-state index in [1.165, 1.54) is 0 Å². The van der Waals surface area contributed by atoms with Gasteiger partial charge in [-0.25, -0.2) is 8.42 Å². The molecule has 0 heterocycles. The summed E-state index contributed by atoms with van der Waals surface area (Å²) in [4.78, 5) is 12.7. The summed E-state index contributed by atoms with van der Waals surface area (Å²) < 4.78 is 32.6. The zero-order valence-corrected chi connectivity index (χ0v) is 17.9. The lowest BCUT2D eigenvalue weighted by molar-refractivity contribution is 0.0940. The normalized spacial score (nSPS) is 12.1. The summed E-state index contributed by atoms with van der Waals surface area (Å²) in [5.74, 6) is 0.507. The van der Waals surface area contributed by atoms with E-state index in [2.05, 4.69) is 10.0 Å². The second-order valence-corrected chi connectivity index (χ2v) is 8.65. The lowest BCUT2D eigenvalue weighted by Crippen LogP contribution is -2.26. The molecule has 2 N–H and O–H groups in total. The molecular weight excluding hydrogens is 400 g/mol. The zero-order valence-electron chi connectivity index (χ0n) is 17.0. The fourth-order valence-electron chi connectivity index (χ4n) is 2.88. The van der Waals surface area contributed by atoms with Gasteiger partial charge in [-0.15, -0.1) is 0 Å². The predicted octanol–water partition coefficient (Wildman–Crippen LogP) is 4.30. The van der Waals surface area contributed by atoms with Crippen molar-refractivity contribution in [1.29, 1.82) is 0 Å². The first-order chi connectivity index (χ1) is 14.3. The van der Waals surface area contributed by atoms with Crippen molar-refractivity contribution >= 4 is 21.6 Å². The minimum absolute atomic E-state index is 0.184. The fourth-order valence-corrected chi connectivity index (χ4v) is 3.94. The van der Waals surface area contributed by atoms with E-state index in [1.54, 1.807) is 55.6 Å². The molecule has 0 fully saturated rings. The van der Waals surface area contributed by atoms with Gasteiger partial charge in [-0.2, -0.15) is 0 Å². The summed E-state index contributed by atoms with van der Waals surface area (Å²) in [5.41, 5.74) is 2.75. The van der Waals surface area contributed by atoms with E-state index in [0.29, 0.717) is 11.3 Å². The topological polar surface area (TPSA) is 84.5 Å². The Balaban J connectivity index is 1.65. The summed E-state index contributed by atoms with van der Waals surface area (Å²) in [7, 11) is -2.08. The number of hydrogen-bond acceptors (Lipinski definition) is 4. The van der Waals surface area contributed by atoms with Gasteiger partial charge in [0, 0.05) is 11.3 Å². The molecule has 1 atom stereocenters. The second kappa shape index (κ2) is 9.00. The number of methoxy groups -OCH3 is 1. The summed E-state index contributed by atoms with van der Waals surface area (Å²) in [6.07, 6.45) is 0. The molecule has 0 radical (unpaired) electrons. The molecule has 6 nitrogen and oxygen atoms in total. The molecule has 30 heavy (non-hydrogen) atoms. The maximum atomic E-state index is 12.5. The summed E-state index contributed by atoms with van der Waals surface area (Å²) >= 11 is 0. The molecule has 3 rings (SSSR count). The Hall–Kier alpha value is -3.32. The van der Waals surface area contributed by atoms with Crippen LogP contribution in [0.25, 0.3) is 0 Å². The number of aryl methyl sites for hydroxylation is 1. The summed E-state index contributed by atoms with van der Waals surface area (Å²) in [6.45, 7) is 3.78. The van der Waals surface area contributed by atoms with Crippen LogP contribution in [-0.4, -0.2) is 21.4 Å². The third-order valence-corrected chi connectivity index (χ3v) is 6.09. The van der Waals surface area contributed by atoms with Crippen molar-refractivity contribution in [1.82, 2.24) is 5.32 Å². The Morgan fingerprint density at radius 1 is 0.900 bits per heavy atom. The van der Waals surface area contributed by atoms with Gasteiger partial charge in [0.1, 0.15) is 5.75 Å². The van der Waals surface area contributed by atoms with E-state index in [-0.39, 0.29) is 16.8 Å². The Morgan fingerprint density at radius 3 is 2.07 bits per heavy atom. The molecule has 3 aromatic rings. The van der Waals surface area contributed by atoms with Crippen LogP contribution in [0.2, 0.25) is 0 Å². The van der Waals surface area contributed by atoms with Crippen molar-refractivity contribution in [2.45, 2.75) is 24.8 Å². The standard InChI is InChI=1S/C23H24N2O4S/c1-16-4-14-22(15-5-16)30(27,28)25-20-10-6-19(7-11-20)23(26)24-17(2)18-8-12-21(29-3)13-9-18/h4-15,17,25H,1-3H3,(H,24,26)/t17-/m0/s1. The van der Waals surface area contributed by atoms with Crippen LogP contribution in [0.1, 0.15) is 34.5 Å². The van der Waals surface area contributed by atoms with Gasteiger partial charge in [0.25, 0.3) is 15.9 Å². The quantitative estimate of drug-likeness (QED) is 0.592. The number of anilines is 1. The average molecular weight is 425 g/mol. The van der Waals surface area contributed by atoms with Gasteiger partial charge < -0.3 is 10.1 Å². The number of carbonyl (C=O) groups excluding carboxylic acids is 1. The Kier molecular flexibility index (Phi) is 6.42. The van der Waals surface area contributed by atoms with Crippen LogP contribution in [0.4, 0.5) is 5.69 Å². The Labute approximate surface area is 177 Å². The van der Waals surface area contributed by atoms with Crippen LogP contribution in [-0.2, 0) is 10.0 Å². The molecule has 0 aliphatic carbocycles. The van der Waals surface area contributed by atoms with Crippen LogP contribution in [0.5, 0.6) is 5.75 Å². The van der Waals surface area contributed by atoms with Crippen LogP contribution in [0, 0.1) is 6.92 Å². The molecule has 7 heteroatoms. The van der Waals surface area contributed by atoms with Gasteiger partial charge in [-0.1, -0.05) is 29.8 Å². The maximum absolute atomic E-state index is 12.5. The molecule has 0 aromatic heterocycles. The molecule has 0 aliphatic rings. The van der Waals surface area contributed by atoms with Crippen LogP contribution >= 0.6 is 0 Å². The molecule has 0 unspecified atom stereocenters. The molecule has 0 aliphatic heterocycles. The molecule has 0 saturated carbocycles. The van der Waals surface area contributed by atoms with Crippen molar-refractivity contribution in [3.05, 3.63) is 89.5 Å². The first-order valence-corrected chi connectivity index (χ1v) is 10.9. The predicted molar refractivity (Wildman–Crippen MR) is 117 cm³/mol. The van der Waals surface area contributed by atoms with Crippen molar-refractivity contribution in [3.8, 4) is 5.75 Å². The summed E-state index contributed by atoms with van der Waals surface area (Å²) in [6, 6.07) is 20.2. The van der Waals surface area contributed by atoms with Crippen molar-refractivity contribution in [2.24, 2.45) is 0 Å². The zero-order chi connectivity index (χ0) is 21.7. The number of amides is 1. The van der Waals surface area contributed by atoms with Gasteiger partial charge in [-0.3, -0.25) is 9.52 Å². The smallest absolute Gasteiger partial charge is 0.261 e. The molecule has 0 saturated heterocycles. The Bertz CT molecular complexity index is 1110. The maximum Gasteiger partial charge on any atom is 0.261 e. The number of hydrogen-bond donors (Lipinski definition) is 2. The van der Waals surface area contributed by atoms with Gasteiger partial charge in [-0.05, 0) is 67.9 Å². The van der Waals surface area contributed by atoms with Crippen molar-refractivity contribution in [2.75, 3.05) is 11.8 Å². The number of ether oxygens (including phenoxy) is 1. The van der Waals surface area contributed by atoms with Crippen LogP contribution < -0.4 is 14.8 Å². The minimum Gasteiger partial charge on any atom is -0.497 e. The second-order valence-electron chi connectivity index (χ2n) is 6.96. The lowest BCUT2D eigenvalue weighted by atomic mass is 10.1. The number of rotatable bonds is 7. The van der Waals surface area contributed by atoms with E-state index in [1.807, 2.05) is 38.1 Å². The van der Waals surface area contributed by atoms with Gasteiger partial charge in [0.2, 0.25) is 0 Å². The van der Waals surface area contributed by atoms with E-state index in [4.69, 9.17) is 4.74 Å². The van der Waals surface area contributed by atoms with Crippen LogP contribution in [0.3, 0.4) is 0 Å². The lowest BCUT2D eigenvalue weighted by Gasteiger charge is -2.15. The average Bonchev–Trinajstić information content (AvgIpc) is 2.74.